The number of benzene rings is 1. The Morgan fingerprint density at radius 2 is 1.89 bits per heavy atom. The minimum Gasteiger partial charge on any atom is -0.468 e. The summed E-state index contributed by atoms with van der Waals surface area (Å²) in [6, 6.07) is 9.27. The van der Waals surface area contributed by atoms with Gasteiger partial charge in [0.05, 0.1) is 13.7 Å². The minimum absolute atomic E-state index is 0.0534. The first-order valence-electron chi connectivity index (χ1n) is 9.72. The van der Waals surface area contributed by atoms with Crippen LogP contribution in [0.5, 0.6) is 0 Å². The third-order valence-corrected chi connectivity index (χ3v) is 6.11. The molecule has 3 rings (SSSR count). The van der Waals surface area contributed by atoms with E-state index in [1.165, 1.54) is 7.11 Å². The minimum atomic E-state index is -0.495. The first kappa shape index (κ1) is 21.0. The number of esters is 1. The van der Waals surface area contributed by atoms with E-state index in [4.69, 9.17) is 9.47 Å². The third kappa shape index (κ3) is 4.83. The molecule has 2 bridgehead atoms. The smallest absolute Gasteiger partial charge is 0.410 e. The maximum absolute atomic E-state index is 12.7. The molecule has 0 aromatic heterocycles. The van der Waals surface area contributed by atoms with Crippen LogP contribution in [-0.2, 0) is 20.9 Å². The lowest BCUT2D eigenvalue weighted by molar-refractivity contribution is -0.145. The van der Waals surface area contributed by atoms with Gasteiger partial charge in [-0.3, -0.25) is 10.1 Å². The van der Waals surface area contributed by atoms with Gasteiger partial charge in [-0.1, -0.05) is 30.3 Å². The molecule has 1 aromatic rings. The van der Waals surface area contributed by atoms with E-state index in [-0.39, 0.29) is 49.1 Å². The lowest BCUT2D eigenvalue weighted by Gasteiger charge is -2.40. The molecule has 2 N–H and O–H groups in total. The Balaban J connectivity index is 1.62. The van der Waals surface area contributed by atoms with Crippen LogP contribution in [0.25, 0.3) is 0 Å². The molecule has 5 atom stereocenters. The van der Waals surface area contributed by atoms with E-state index in [9.17, 15) is 14.7 Å². The summed E-state index contributed by atoms with van der Waals surface area (Å²) in [6.45, 7) is 0.173. The standard InChI is InChI=1S/C20H29N2O5P/c1-26-19(24)18(21-17(28)11-23)14-9-15-7-8-16(10-14)22(15)20(25)27-12-13-5-3-2-4-6-13/h2-6,14-18,21,23H,7-12,28H2,1H3/t14?,15?,16?,17-,18+/m1/s1. The van der Waals surface area contributed by atoms with Gasteiger partial charge in [0.25, 0.3) is 0 Å². The molecule has 1 aromatic carbocycles. The lowest BCUT2D eigenvalue weighted by Crippen LogP contribution is -2.54. The summed E-state index contributed by atoms with van der Waals surface area (Å²) in [5.41, 5.74) is 0.962. The number of hydrogen-bond donors (Lipinski definition) is 2. The molecule has 3 unspecified atom stereocenters. The number of carbonyl (C=O) groups is 2. The Kier molecular flexibility index (Phi) is 7.27. The van der Waals surface area contributed by atoms with Crippen LogP contribution in [0.15, 0.2) is 30.3 Å². The average molecular weight is 408 g/mol. The number of piperidine rings is 1. The van der Waals surface area contributed by atoms with Gasteiger partial charge in [0, 0.05) is 17.9 Å². The summed E-state index contributed by atoms with van der Waals surface area (Å²) in [5, 5.41) is 12.5. The summed E-state index contributed by atoms with van der Waals surface area (Å²) in [6.07, 6.45) is 2.98. The molecule has 2 aliphatic heterocycles. The summed E-state index contributed by atoms with van der Waals surface area (Å²) in [4.78, 5) is 26.8. The summed E-state index contributed by atoms with van der Waals surface area (Å²) in [5.74, 6) is -0.557. The molecule has 2 heterocycles. The lowest BCUT2D eigenvalue weighted by atomic mass is 9.85. The van der Waals surface area contributed by atoms with E-state index in [1.54, 1.807) is 0 Å². The van der Waals surface area contributed by atoms with Crippen molar-refractivity contribution in [1.82, 2.24) is 10.2 Å². The number of fused-ring (bicyclic) bond motifs is 2. The highest BCUT2D eigenvalue weighted by Crippen LogP contribution is 2.40. The van der Waals surface area contributed by atoms with Crippen molar-refractivity contribution in [3.8, 4) is 0 Å². The van der Waals surface area contributed by atoms with Gasteiger partial charge in [-0.2, -0.15) is 0 Å². The zero-order valence-corrected chi connectivity index (χ0v) is 17.3. The molecule has 1 amide bonds. The fourth-order valence-electron chi connectivity index (χ4n) is 4.39. The van der Waals surface area contributed by atoms with E-state index < -0.39 is 6.04 Å². The van der Waals surface area contributed by atoms with Crippen molar-refractivity contribution in [3.63, 3.8) is 0 Å². The van der Waals surface area contributed by atoms with E-state index in [2.05, 4.69) is 14.6 Å². The first-order valence-corrected chi connectivity index (χ1v) is 10.4. The highest BCUT2D eigenvalue weighted by Gasteiger charge is 2.47. The molecule has 0 aliphatic carbocycles. The van der Waals surface area contributed by atoms with Gasteiger partial charge >= 0.3 is 12.1 Å². The quantitative estimate of drug-likeness (QED) is 0.529. The normalized spacial score (nSPS) is 25.8. The predicted molar refractivity (Wildman–Crippen MR) is 108 cm³/mol. The summed E-state index contributed by atoms with van der Waals surface area (Å²) < 4.78 is 10.5. The van der Waals surface area contributed by atoms with E-state index >= 15 is 0 Å². The topological polar surface area (TPSA) is 88.1 Å². The van der Waals surface area contributed by atoms with Crippen molar-refractivity contribution in [2.45, 2.75) is 56.2 Å². The van der Waals surface area contributed by atoms with Crippen molar-refractivity contribution in [3.05, 3.63) is 35.9 Å². The molecule has 154 valence electrons. The summed E-state index contributed by atoms with van der Waals surface area (Å²) >= 11 is 0. The molecular formula is C20H29N2O5P. The maximum Gasteiger partial charge on any atom is 0.410 e. The molecule has 2 saturated heterocycles. The first-order chi connectivity index (χ1) is 13.5. The van der Waals surface area contributed by atoms with Gasteiger partial charge in [-0.15, -0.1) is 9.24 Å². The molecule has 2 aliphatic rings. The van der Waals surface area contributed by atoms with Gasteiger partial charge < -0.3 is 19.5 Å². The van der Waals surface area contributed by atoms with E-state index in [0.29, 0.717) is 12.8 Å². The number of aliphatic hydroxyl groups is 1. The highest BCUT2D eigenvalue weighted by atomic mass is 31.0. The number of nitrogens with one attached hydrogen (secondary N) is 1. The average Bonchev–Trinajstić information content (AvgIpc) is 2.99. The van der Waals surface area contributed by atoms with Crippen LogP contribution < -0.4 is 5.32 Å². The Hall–Kier alpha value is -1.69. The second kappa shape index (κ2) is 9.68. The van der Waals surface area contributed by atoms with Gasteiger partial charge in [-0.25, -0.2) is 4.79 Å². The van der Waals surface area contributed by atoms with Gasteiger partial charge in [0.1, 0.15) is 12.6 Å². The second-order valence-electron chi connectivity index (χ2n) is 7.52. The van der Waals surface area contributed by atoms with Crippen molar-refractivity contribution < 1.29 is 24.2 Å². The molecule has 2 fully saturated rings. The Labute approximate surface area is 168 Å². The predicted octanol–water partition coefficient (Wildman–Crippen LogP) is 1.89. The number of rotatable bonds is 7. The Morgan fingerprint density at radius 1 is 1.25 bits per heavy atom. The maximum atomic E-state index is 12.7. The fourth-order valence-corrected chi connectivity index (χ4v) is 4.60. The SMILES string of the molecule is COC(=O)[C@@H](N[C@H](P)CO)C1CC2CCC(C1)N2C(=O)OCc1ccccc1. The number of aliphatic hydroxyl groups excluding tert-OH is 1. The Morgan fingerprint density at radius 3 is 2.46 bits per heavy atom. The van der Waals surface area contributed by atoms with E-state index in [1.807, 2.05) is 35.2 Å². The van der Waals surface area contributed by atoms with Crippen molar-refractivity contribution in [2.24, 2.45) is 5.92 Å². The molecular weight excluding hydrogens is 379 g/mol. The largest absolute Gasteiger partial charge is 0.468 e. The molecule has 28 heavy (non-hydrogen) atoms. The Bertz CT molecular complexity index is 660. The molecule has 0 spiro atoms. The second-order valence-corrected chi connectivity index (χ2v) is 8.33. The summed E-state index contributed by atoms with van der Waals surface area (Å²) in [7, 11) is 3.86. The van der Waals surface area contributed by atoms with Crippen molar-refractivity contribution in [1.29, 1.82) is 0 Å². The zero-order valence-electron chi connectivity index (χ0n) is 16.1. The van der Waals surface area contributed by atoms with Crippen LogP contribution in [0.4, 0.5) is 4.79 Å². The molecule has 0 saturated carbocycles. The van der Waals surface area contributed by atoms with Crippen LogP contribution in [0, 0.1) is 5.92 Å². The van der Waals surface area contributed by atoms with E-state index in [0.717, 1.165) is 18.4 Å². The zero-order chi connectivity index (χ0) is 20.1. The molecule has 8 heteroatoms. The van der Waals surface area contributed by atoms with Crippen LogP contribution in [0.2, 0.25) is 0 Å². The number of methoxy groups -OCH3 is 1. The van der Waals surface area contributed by atoms with Crippen molar-refractivity contribution in [2.75, 3.05) is 13.7 Å². The van der Waals surface area contributed by atoms with Gasteiger partial charge in [0.15, 0.2) is 0 Å². The number of ether oxygens (including phenoxy) is 2. The van der Waals surface area contributed by atoms with Crippen LogP contribution in [0.3, 0.4) is 0 Å². The number of hydrogen-bond acceptors (Lipinski definition) is 6. The van der Waals surface area contributed by atoms with Crippen molar-refractivity contribution >= 4 is 21.3 Å². The number of amides is 1. The number of nitrogens with zero attached hydrogens (tertiary/aromatic N) is 1. The fraction of sp³-hybridized carbons (Fsp3) is 0.600. The number of carbonyl (C=O) groups excluding carboxylic acids is 2. The molecule has 0 radical (unpaired) electrons. The monoisotopic (exact) mass is 408 g/mol. The molecule has 7 nitrogen and oxygen atoms in total. The van der Waals surface area contributed by atoms with Crippen LogP contribution >= 0.6 is 9.24 Å². The third-order valence-electron chi connectivity index (χ3n) is 5.70. The van der Waals surface area contributed by atoms with Crippen LogP contribution in [0.1, 0.15) is 31.2 Å². The van der Waals surface area contributed by atoms with Gasteiger partial charge in [-0.05, 0) is 37.2 Å². The highest BCUT2D eigenvalue weighted by molar-refractivity contribution is 7.17. The van der Waals surface area contributed by atoms with Crippen LogP contribution in [-0.4, -0.2) is 59.7 Å². The van der Waals surface area contributed by atoms with Gasteiger partial charge in [0.2, 0.25) is 0 Å².